The highest BCUT2D eigenvalue weighted by molar-refractivity contribution is 5.95. The van der Waals surface area contributed by atoms with Crippen molar-refractivity contribution in [2.24, 2.45) is 0 Å². The summed E-state index contributed by atoms with van der Waals surface area (Å²) in [5, 5.41) is 11.5. The normalized spacial score (nSPS) is 13.8. The minimum absolute atomic E-state index is 0.0459. The van der Waals surface area contributed by atoms with Gasteiger partial charge in [-0.2, -0.15) is 0 Å². The third-order valence-electron chi connectivity index (χ3n) is 6.47. The molecular weight excluding hydrogens is 470 g/mol. The lowest BCUT2D eigenvalue weighted by Crippen LogP contribution is -2.39. The molecule has 0 atom stereocenters. The molecule has 1 saturated heterocycles. The first-order chi connectivity index (χ1) is 18.0. The zero-order chi connectivity index (χ0) is 26.0. The summed E-state index contributed by atoms with van der Waals surface area (Å²) in [5.74, 6) is 0.508. The van der Waals surface area contributed by atoms with E-state index in [1.807, 2.05) is 54.6 Å². The van der Waals surface area contributed by atoms with Crippen LogP contribution in [0.1, 0.15) is 33.5 Å². The van der Waals surface area contributed by atoms with Crippen molar-refractivity contribution < 1.29 is 19.2 Å². The summed E-state index contributed by atoms with van der Waals surface area (Å²) in [6, 6.07) is 22.4. The summed E-state index contributed by atoms with van der Waals surface area (Å²) in [4.78, 5) is 28.7. The number of carbonyl (C=O) groups is 1. The molecule has 0 aromatic heterocycles. The summed E-state index contributed by atoms with van der Waals surface area (Å²) in [6.07, 6.45) is 0.796. The monoisotopic (exact) mass is 503 g/mol. The molecule has 1 heterocycles. The average molecular weight is 504 g/mol. The Morgan fingerprint density at radius 3 is 2.54 bits per heavy atom. The molecule has 0 unspecified atom stereocenters. The van der Waals surface area contributed by atoms with E-state index in [9.17, 15) is 14.9 Å². The second kappa shape index (κ2) is 13.0. The van der Waals surface area contributed by atoms with Crippen LogP contribution < -0.4 is 4.74 Å². The van der Waals surface area contributed by atoms with Crippen molar-refractivity contribution in [2.45, 2.75) is 26.5 Å². The zero-order valence-electron chi connectivity index (χ0n) is 21.2. The topological polar surface area (TPSA) is 85.2 Å². The molecule has 0 N–H and O–H groups in total. The molecule has 1 amide bonds. The maximum Gasteiger partial charge on any atom is 0.273 e. The maximum absolute atomic E-state index is 13.6. The van der Waals surface area contributed by atoms with Gasteiger partial charge in [0.2, 0.25) is 0 Å². The molecule has 3 aromatic carbocycles. The van der Waals surface area contributed by atoms with Gasteiger partial charge >= 0.3 is 0 Å². The number of hydrogen-bond acceptors (Lipinski definition) is 6. The maximum atomic E-state index is 13.6. The summed E-state index contributed by atoms with van der Waals surface area (Å²) >= 11 is 0. The number of carbonyl (C=O) groups excluding carboxylic acids is 1. The first-order valence-corrected chi connectivity index (χ1v) is 12.6. The number of nitrogens with zero attached hydrogens (tertiary/aromatic N) is 3. The van der Waals surface area contributed by atoms with Gasteiger partial charge in [-0.3, -0.25) is 19.8 Å². The van der Waals surface area contributed by atoms with E-state index >= 15 is 0 Å². The fraction of sp³-hybridized carbons (Fsp3) is 0.345. The van der Waals surface area contributed by atoms with Gasteiger partial charge in [-0.25, -0.2) is 0 Å². The van der Waals surface area contributed by atoms with Gasteiger partial charge in [-0.15, -0.1) is 0 Å². The van der Waals surface area contributed by atoms with Crippen molar-refractivity contribution in [1.82, 2.24) is 9.80 Å². The summed E-state index contributed by atoms with van der Waals surface area (Å²) in [6.45, 7) is 7.14. The van der Waals surface area contributed by atoms with Gasteiger partial charge in [0.15, 0.2) is 0 Å². The Bertz CT molecular complexity index is 1200. The van der Waals surface area contributed by atoms with Gasteiger partial charge in [0, 0.05) is 49.9 Å². The number of benzene rings is 3. The number of aryl methyl sites for hydroxylation is 1. The lowest BCUT2D eigenvalue weighted by Gasteiger charge is -2.28. The lowest BCUT2D eigenvalue weighted by molar-refractivity contribution is -0.385. The second-order valence-corrected chi connectivity index (χ2v) is 9.21. The SMILES string of the molecule is Cc1ccc(C(=O)N(CCCN2CCOCC2)Cc2cccc(OCc3ccccc3)c2)cc1[N+](=O)[O-]. The molecule has 0 saturated carbocycles. The van der Waals surface area contributed by atoms with Crippen molar-refractivity contribution in [1.29, 1.82) is 0 Å². The van der Waals surface area contributed by atoms with E-state index in [1.54, 1.807) is 24.0 Å². The Labute approximate surface area is 217 Å². The quantitative estimate of drug-likeness (QED) is 0.275. The van der Waals surface area contributed by atoms with Crippen LogP contribution in [0.15, 0.2) is 72.8 Å². The predicted molar refractivity (Wildman–Crippen MR) is 142 cm³/mol. The number of nitro groups is 1. The molecule has 37 heavy (non-hydrogen) atoms. The van der Waals surface area contributed by atoms with E-state index in [0.717, 1.165) is 56.1 Å². The van der Waals surface area contributed by atoms with Gasteiger partial charge in [-0.1, -0.05) is 48.5 Å². The number of nitro benzene ring substituents is 1. The highest BCUT2D eigenvalue weighted by Crippen LogP contribution is 2.22. The Morgan fingerprint density at radius 2 is 1.78 bits per heavy atom. The van der Waals surface area contributed by atoms with Gasteiger partial charge in [0.25, 0.3) is 11.6 Å². The minimum Gasteiger partial charge on any atom is -0.489 e. The molecule has 1 aliphatic heterocycles. The molecule has 8 nitrogen and oxygen atoms in total. The van der Waals surface area contributed by atoms with E-state index < -0.39 is 4.92 Å². The third-order valence-corrected chi connectivity index (χ3v) is 6.47. The molecular formula is C29H33N3O5. The molecule has 8 heteroatoms. The van der Waals surface area contributed by atoms with Crippen molar-refractivity contribution in [3.63, 3.8) is 0 Å². The summed E-state index contributed by atoms with van der Waals surface area (Å²) in [7, 11) is 0. The fourth-order valence-electron chi connectivity index (χ4n) is 4.38. The molecule has 0 radical (unpaired) electrons. The number of morpholine rings is 1. The fourth-order valence-corrected chi connectivity index (χ4v) is 4.38. The van der Waals surface area contributed by atoms with Crippen LogP contribution in [0.2, 0.25) is 0 Å². The Hall–Kier alpha value is -3.75. The summed E-state index contributed by atoms with van der Waals surface area (Å²) in [5.41, 5.74) is 2.82. The van der Waals surface area contributed by atoms with Crippen LogP contribution in [0.4, 0.5) is 5.69 Å². The van der Waals surface area contributed by atoms with E-state index in [-0.39, 0.29) is 11.6 Å². The Balaban J connectivity index is 1.48. The van der Waals surface area contributed by atoms with Gasteiger partial charge in [0.1, 0.15) is 12.4 Å². The highest BCUT2D eigenvalue weighted by atomic mass is 16.6. The summed E-state index contributed by atoms with van der Waals surface area (Å²) < 4.78 is 11.4. The van der Waals surface area contributed by atoms with Crippen LogP contribution in [-0.4, -0.2) is 60.0 Å². The smallest absolute Gasteiger partial charge is 0.273 e. The van der Waals surface area contributed by atoms with Crippen LogP contribution in [0, 0.1) is 17.0 Å². The molecule has 0 aliphatic carbocycles. The molecule has 1 aliphatic rings. The minimum atomic E-state index is -0.442. The van der Waals surface area contributed by atoms with Crippen molar-refractivity contribution in [3.8, 4) is 5.75 Å². The molecule has 0 spiro atoms. The van der Waals surface area contributed by atoms with Gasteiger partial charge in [-0.05, 0) is 42.7 Å². The number of amides is 1. The van der Waals surface area contributed by atoms with Crippen LogP contribution in [0.5, 0.6) is 5.75 Å². The average Bonchev–Trinajstić information content (AvgIpc) is 2.92. The molecule has 1 fully saturated rings. The van der Waals surface area contributed by atoms with E-state index in [1.165, 1.54) is 6.07 Å². The van der Waals surface area contributed by atoms with Crippen molar-refractivity contribution in [2.75, 3.05) is 39.4 Å². The molecule has 3 aromatic rings. The predicted octanol–water partition coefficient (Wildman–Crippen LogP) is 4.85. The van der Waals surface area contributed by atoms with Crippen LogP contribution >= 0.6 is 0 Å². The van der Waals surface area contributed by atoms with Crippen LogP contribution in [-0.2, 0) is 17.9 Å². The third kappa shape index (κ3) is 7.62. The molecule has 0 bridgehead atoms. The Kier molecular flexibility index (Phi) is 9.24. The first kappa shape index (κ1) is 26.3. The number of ether oxygens (including phenoxy) is 2. The lowest BCUT2D eigenvalue weighted by atomic mass is 10.1. The highest BCUT2D eigenvalue weighted by Gasteiger charge is 2.21. The zero-order valence-corrected chi connectivity index (χ0v) is 21.2. The van der Waals surface area contributed by atoms with E-state index in [2.05, 4.69) is 4.90 Å². The second-order valence-electron chi connectivity index (χ2n) is 9.21. The van der Waals surface area contributed by atoms with Crippen LogP contribution in [0.3, 0.4) is 0 Å². The van der Waals surface area contributed by atoms with Crippen molar-refractivity contribution in [3.05, 3.63) is 105 Å². The van der Waals surface area contributed by atoms with Crippen LogP contribution in [0.25, 0.3) is 0 Å². The van der Waals surface area contributed by atoms with Gasteiger partial charge in [0.05, 0.1) is 18.1 Å². The number of hydrogen-bond donors (Lipinski definition) is 0. The van der Waals surface area contributed by atoms with Crippen molar-refractivity contribution >= 4 is 11.6 Å². The Morgan fingerprint density at radius 1 is 1.03 bits per heavy atom. The molecule has 4 rings (SSSR count). The van der Waals surface area contributed by atoms with E-state index in [0.29, 0.717) is 30.8 Å². The number of rotatable bonds is 11. The largest absolute Gasteiger partial charge is 0.489 e. The van der Waals surface area contributed by atoms with E-state index in [4.69, 9.17) is 9.47 Å². The standard InChI is InChI=1S/C29H33N3O5/c1-23-11-12-26(20-28(23)32(34)35)29(33)31(14-6-13-30-15-17-36-18-16-30)21-25-9-5-10-27(19-25)37-22-24-7-3-2-4-8-24/h2-5,7-12,19-20H,6,13-18,21-22H2,1H3. The molecule has 194 valence electrons. The first-order valence-electron chi connectivity index (χ1n) is 12.6. The van der Waals surface area contributed by atoms with Gasteiger partial charge < -0.3 is 14.4 Å².